The van der Waals surface area contributed by atoms with Gasteiger partial charge in [0.1, 0.15) is 6.61 Å². The zero-order valence-electron chi connectivity index (χ0n) is 15.3. The summed E-state index contributed by atoms with van der Waals surface area (Å²) in [5.41, 5.74) is 10.5. The number of hydrogen-bond donors (Lipinski definition) is 2. The highest BCUT2D eigenvalue weighted by molar-refractivity contribution is 7.16. The highest BCUT2D eigenvalue weighted by atomic mass is 32.1. The summed E-state index contributed by atoms with van der Waals surface area (Å²) < 4.78 is 5.51. The van der Waals surface area contributed by atoms with E-state index in [1.54, 1.807) is 6.20 Å². The van der Waals surface area contributed by atoms with Crippen molar-refractivity contribution >= 4 is 28.6 Å². The van der Waals surface area contributed by atoms with E-state index in [2.05, 4.69) is 34.6 Å². The predicted molar refractivity (Wildman–Crippen MR) is 113 cm³/mol. The minimum atomic E-state index is -0.391. The number of carbonyl (C=O) groups is 1. The minimum Gasteiger partial charge on any atom is -0.449 e. The first kappa shape index (κ1) is 18.3. The Bertz CT molecular complexity index is 967. The standard InChI is InChI=1S/C22H21N3O2S/c23-21-25-13-15(28-21)7-5-6-12-24-22(26)27-14-20-18-10-3-1-8-16(18)17-9-2-4-11-19(17)20/h1-5,7-11,13,20H,6,12,14H2,(H2,23,25)(H,24,26). The first-order chi connectivity index (χ1) is 13.7. The van der Waals surface area contributed by atoms with Crippen LogP contribution in [0.15, 0.2) is 60.8 Å². The first-order valence-corrected chi connectivity index (χ1v) is 10.0. The molecule has 0 fully saturated rings. The van der Waals surface area contributed by atoms with Crippen LogP contribution in [0.25, 0.3) is 17.2 Å². The van der Waals surface area contributed by atoms with Crippen molar-refractivity contribution in [2.75, 3.05) is 18.9 Å². The summed E-state index contributed by atoms with van der Waals surface area (Å²) in [6, 6.07) is 16.6. The van der Waals surface area contributed by atoms with Crippen LogP contribution in [0, 0.1) is 0 Å². The molecule has 0 spiro atoms. The van der Waals surface area contributed by atoms with E-state index in [4.69, 9.17) is 10.5 Å². The van der Waals surface area contributed by atoms with Crippen LogP contribution in [0.4, 0.5) is 9.93 Å². The number of anilines is 1. The summed E-state index contributed by atoms with van der Waals surface area (Å²) in [4.78, 5) is 17.1. The summed E-state index contributed by atoms with van der Waals surface area (Å²) in [6.45, 7) is 0.845. The fourth-order valence-corrected chi connectivity index (χ4v) is 4.10. The normalized spacial score (nSPS) is 12.7. The van der Waals surface area contributed by atoms with E-state index in [0.29, 0.717) is 24.7 Å². The number of nitrogens with zero attached hydrogens (tertiary/aromatic N) is 1. The Morgan fingerprint density at radius 2 is 1.82 bits per heavy atom. The highest BCUT2D eigenvalue weighted by Gasteiger charge is 2.28. The van der Waals surface area contributed by atoms with Gasteiger partial charge in [-0.25, -0.2) is 9.78 Å². The fraction of sp³-hybridized carbons (Fsp3) is 0.182. The summed E-state index contributed by atoms with van der Waals surface area (Å²) >= 11 is 1.43. The van der Waals surface area contributed by atoms with Gasteiger partial charge in [-0.15, -0.1) is 0 Å². The van der Waals surface area contributed by atoms with E-state index in [1.807, 2.05) is 36.4 Å². The number of ether oxygens (including phenoxy) is 1. The van der Waals surface area contributed by atoms with Crippen molar-refractivity contribution in [2.24, 2.45) is 0 Å². The molecule has 2 aromatic carbocycles. The van der Waals surface area contributed by atoms with Gasteiger partial charge >= 0.3 is 6.09 Å². The van der Waals surface area contributed by atoms with E-state index in [0.717, 1.165) is 4.88 Å². The molecule has 5 nitrogen and oxygen atoms in total. The average molecular weight is 391 g/mol. The monoisotopic (exact) mass is 391 g/mol. The van der Waals surface area contributed by atoms with Crippen molar-refractivity contribution in [3.05, 3.63) is 76.8 Å². The Balaban J connectivity index is 1.29. The van der Waals surface area contributed by atoms with E-state index < -0.39 is 6.09 Å². The molecule has 0 bridgehead atoms. The molecule has 1 aliphatic rings. The molecule has 1 heterocycles. The van der Waals surface area contributed by atoms with E-state index in [-0.39, 0.29) is 5.92 Å². The van der Waals surface area contributed by atoms with Gasteiger partial charge in [0, 0.05) is 23.5 Å². The number of nitrogens with one attached hydrogen (secondary N) is 1. The van der Waals surface area contributed by atoms with E-state index >= 15 is 0 Å². The molecule has 28 heavy (non-hydrogen) atoms. The Kier molecular flexibility index (Phi) is 5.39. The minimum absolute atomic E-state index is 0.0785. The van der Waals surface area contributed by atoms with Crippen LogP contribution in [0.5, 0.6) is 0 Å². The Morgan fingerprint density at radius 1 is 1.14 bits per heavy atom. The number of nitrogens with two attached hydrogens (primary N) is 1. The zero-order valence-corrected chi connectivity index (χ0v) is 16.1. The number of thiazole rings is 1. The van der Waals surface area contributed by atoms with Crippen molar-refractivity contribution in [1.29, 1.82) is 0 Å². The Labute approximate surface area is 167 Å². The van der Waals surface area contributed by atoms with Crippen LogP contribution in [0.1, 0.15) is 28.3 Å². The number of rotatable bonds is 6. The van der Waals surface area contributed by atoms with Gasteiger partial charge in [0.2, 0.25) is 0 Å². The second kappa shape index (κ2) is 8.27. The zero-order chi connectivity index (χ0) is 19.3. The molecule has 0 unspecified atom stereocenters. The van der Waals surface area contributed by atoms with Crippen molar-refractivity contribution in [1.82, 2.24) is 10.3 Å². The third-order valence-electron chi connectivity index (χ3n) is 4.75. The van der Waals surface area contributed by atoms with Gasteiger partial charge in [-0.05, 0) is 34.8 Å². The summed E-state index contributed by atoms with van der Waals surface area (Å²) in [5.74, 6) is 0.0785. The molecule has 3 N–H and O–H groups in total. The van der Waals surface area contributed by atoms with Crippen molar-refractivity contribution in [3.63, 3.8) is 0 Å². The lowest BCUT2D eigenvalue weighted by Crippen LogP contribution is -2.26. The number of amides is 1. The molecule has 1 aromatic heterocycles. The third-order valence-corrected chi connectivity index (χ3v) is 5.54. The van der Waals surface area contributed by atoms with Crippen molar-refractivity contribution < 1.29 is 9.53 Å². The molecule has 0 aliphatic heterocycles. The number of nitrogen functional groups attached to an aromatic ring is 1. The summed E-state index contributed by atoms with van der Waals surface area (Å²) in [7, 11) is 0. The van der Waals surface area contributed by atoms with Crippen molar-refractivity contribution in [2.45, 2.75) is 12.3 Å². The quantitative estimate of drug-likeness (QED) is 0.599. The molecule has 0 radical (unpaired) electrons. The van der Waals surface area contributed by atoms with Crippen LogP contribution in [0.3, 0.4) is 0 Å². The van der Waals surface area contributed by atoms with Crippen LogP contribution in [0.2, 0.25) is 0 Å². The topological polar surface area (TPSA) is 77.2 Å². The number of benzene rings is 2. The van der Waals surface area contributed by atoms with Gasteiger partial charge in [-0.3, -0.25) is 0 Å². The lowest BCUT2D eigenvalue weighted by atomic mass is 9.98. The molecule has 0 saturated carbocycles. The highest BCUT2D eigenvalue weighted by Crippen LogP contribution is 2.44. The predicted octanol–water partition coefficient (Wildman–Crippen LogP) is 4.67. The third kappa shape index (κ3) is 3.92. The van der Waals surface area contributed by atoms with E-state index in [9.17, 15) is 4.79 Å². The van der Waals surface area contributed by atoms with Gasteiger partial charge in [-0.1, -0.05) is 65.9 Å². The molecule has 0 atom stereocenters. The first-order valence-electron chi connectivity index (χ1n) is 9.19. The largest absolute Gasteiger partial charge is 0.449 e. The second-order valence-corrected chi connectivity index (χ2v) is 7.64. The van der Waals surface area contributed by atoms with E-state index in [1.165, 1.54) is 33.6 Å². The summed E-state index contributed by atoms with van der Waals surface area (Å²) in [6.07, 6.45) is 5.99. The molecule has 142 valence electrons. The Hall–Kier alpha value is -3.12. The SMILES string of the molecule is Nc1ncc(C=CCCNC(=O)OCC2c3ccccc3-c3ccccc32)s1. The number of hydrogen-bond acceptors (Lipinski definition) is 5. The number of carbonyl (C=O) groups excluding carboxylic acids is 1. The van der Waals surface area contributed by atoms with Crippen LogP contribution in [-0.2, 0) is 4.74 Å². The number of aromatic nitrogens is 1. The van der Waals surface area contributed by atoms with Gasteiger partial charge in [-0.2, -0.15) is 0 Å². The smallest absolute Gasteiger partial charge is 0.407 e. The molecule has 4 rings (SSSR count). The lowest BCUT2D eigenvalue weighted by Gasteiger charge is -2.14. The molecule has 6 heteroatoms. The molecule has 1 aliphatic carbocycles. The molecular formula is C22H21N3O2S. The molecular weight excluding hydrogens is 370 g/mol. The van der Waals surface area contributed by atoms with Crippen LogP contribution >= 0.6 is 11.3 Å². The molecule has 0 saturated heterocycles. The number of fused-ring (bicyclic) bond motifs is 3. The maximum absolute atomic E-state index is 12.1. The van der Waals surface area contributed by atoms with Crippen LogP contribution < -0.4 is 11.1 Å². The molecule has 3 aromatic rings. The number of alkyl carbamates (subject to hydrolysis) is 1. The summed E-state index contributed by atoms with van der Waals surface area (Å²) in [5, 5.41) is 3.35. The maximum Gasteiger partial charge on any atom is 0.407 e. The lowest BCUT2D eigenvalue weighted by molar-refractivity contribution is 0.143. The molecule has 1 amide bonds. The van der Waals surface area contributed by atoms with Gasteiger partial charge < -0.3 is 15.8 Å². The van der Waals surface area contributed by atoms with Gasteiger partial charge in [0.15, 0.2) is 5.13 Å². The second-order valence-electron chi connectivity index (χ2n) is 6.54. The van der Waals surface area contributed by atoms with Crippen LogP contribution in [-0.4, -0.2) is 24.2 Å². The average Bonchev–Trinajstić information content (AvgIpc) is 3.27. The van der Waals surface area contributed by atoms with Crippen molar-refractivity contribution in [3.8, 4) is 11.1 Å². The fourth-order valence-electron chi connectivity index (χ4n) is 3.48. The maximum atomic E-state index is 12.1. The van der Waals surface area contributed by atoms with Gasteiger partial charge in [0.25, 0.3) is 0 Å². The Morgan fingerprint density at radius 3 is 2.46 bits per heavy atom. The van der Waals surface area contributed by atoms with Gasteiger partial charge in [0.05, 0.1) is 0 Å².